The topological polar surface area (TPSA) is 92.5 Å². The van der Waals surface area contributed by atoms with Gasteiger partial charge in [-0.25, -0.2) is 4.79 Å². The zero-order valence-electron chi connectivity index (χ0n) is 10.6. The number of hydrogen-bond donors (Lipinski definition) is 2. The number of rotatable bonds is 6. The molecule has 104 valence electrons. The third-order valence-electron chi connectivity index (χ3n) is 2.96. The number of carbonyl (C=O) groups is 1. The molecule has 0 amide bonds. The maximum absolute atomic E-state index is 13.4. The van der Waals surface area contributed by atoms with Gasteiger partial charge in [0, 0.05) is 0 Å². The smallest absolute Gasteiger partial charge is 0.327 e. The van der Waals surface area contributed by atoms with Crippen LogP contribution in [0.15, 0.2) is 18.2 Å². The highest BCUT2D eigenvalue weighted by Gasteiger charge is 2.27. The number of nitro groups is 1. The highest BCUT2D eigenvalue weighted by atomic mass is 19.1. The molecule has 7 heteroatoms. The van der Waals surface area contributed by atoms with Gasteiger partial charge in [-0.1, -0.05) is 26.3 Å². The molecule has 0 aromatic heterocycles. The molecular weight excluding hydrogens is 255 g/mol. The van der Waals surface area contributed by atoms with E-state index in [2.05, 4.69) is 5.32 Å². The van der Waals surface area contributed by atoms with Gasteiger partial charge in [0.1, 0.15) is 11.7 Å². The molecule has 1 aromatic carbocycles. The van der Waals surface area contributed by atoms with E-state index < -0.39 is 28.4 Å². The summed E-state index contributed by atoms with van der Waals surface area (Å²) in [7, 11) is 0. The molecule has 0 unspecified atom stereocenters. The molecule has 0 radical (unpaired) electrons. The summed E-state index contributed by atoms with van der Waals surface area (Å²) < 4.78 is 13.4. The Bertz CT molecular complexity index is 493. The largest absolute Gasteiger partial charge is 0.480 e. The van der Waals surface area contributed by atoms with Crippen molar-refractivity contribution >= 4 is 17.3 Å². The molecular formula is C12H15FN2O4. The molecule has 19 heavy (non-hydrogen) atoms. The molecule has 0 fully saturated rings. The van der Waals surface area contributed by atoms with Crippen LogP contribution in [0.2, 0.25) is 0 Å². The molecule has 0 heterocycles. The minimum Gasteiger partial charge on any atom is -0.480 e. The monoisotopic (exact) mass is 270 g/mol. The van der Waals surface area contributed by atoms with Gasteiger partial charge in [0.15, 0.2) is 0 Å². The van der Waals surface area contributed by atoms with E-state index in [1.165, 1.54) is 12.1 Å². The Labute approximate surface area is 109 Å². The molecule has 1 aromatic rings. The molecule has 0 aliphatic heterocycles. The van der Waals surface area contributed by atoms with Crippen LogP contribution in [0.3, 0.4) is 0 Å². The third-order valence-corrected chi connectivity index (χ3v) is 2.96. The second kappa shape index (κ2) is 6.12. The van der Waals surface area contributed by atoms with Crippen molar-refractivity contribution in [2.24, 2.45) is 5.92 Å². The number of anilines is 1. The summed E-state index contributed by atoms with van der Waals surface area (Å²) in [6.07, 6.45) is 0.576. The number of carboxylic acids is 1. The van der Waals surface area contributed by atoms with Gasteiger partial charge in [0.25, 0.3) is 0 Å². The second-order valence-electron chi connectivity index (χ2n) is 4.24. The van der Waals surface area contributed by atoms with Crippen molar-refractivity contribution < 1.29 is 19.2 Å². The molecule has 0 aliphatic rings. The molecule has 2 N–H and O–H groups in total. The molecule has 6 nitrogen and oxygen atoms in total. The van der Waals surface area contributed by atoms with Gasteiger partial charge in [0.2, 0.25) is 5.82 Å². The normalized spacial score (nSPS) is 13.6. The number of benzene rings is 1. The Kier molecular flexibility index (Phi) is 4.80. The van der Waals surface area contributed by atoms with Gasteiger partial charge in [-0.15, -0.1) is 0 Å². The molecule has 2 atom stereocenters. The van der Waals surface area contributed by atoms with Crippen LogP contribution in [0.25, 0.3) is 0 Å². The number of aliphatic carboxylic acids is 1. The number of nitro benzene ring substituents is 1. The highest BCUT2D eigenvalue weighted by molar-refractivity contribution is 5.79. The molecule has 0 saturated carbocycles. The first kappa shape index (κ1) is 14.9. The lowest BCUT2D eigenvalue weighted by atomic mass is 9.99. The SMILES string of the molecule is CC[C@H](C)[C@H](Nc1cccc(F)c1[N+](=O)[O-])C(=O)O. The van der Waals surface area contributed by atoms with E-state index in [0.29, 0.717) is 6.42 Å². The first-order valence-corrected chi connectivity index (χ1v) is 5.80. The average molecular weight is 270 g/mol. The van der Waals surface area contributed by atoms with Gasteiger partial charge >= 0.3 is 11.7 Å². The van der Waals surface area contributed by atoms with Gasteiger partial charge in [-0.05, 0) is 18.1 Å². The predicted molar refractivity (Wildman–Crippen MR) is 67.6 cm³/mol. The van der Waals surface area contributed by atoms with Crippen molar-refractivity contribution in [2.45, 2.75) is 26.3 Å². The standard InChI is InChI=1S/C12H15FN2O4/c1-3-7(2)10(12(16)17)14-9-6-4-5-8(13)11(9)15(18)19/h4-7,10,14H,3H2,1-2H3,(H,16,17)/t7-,10-/m0/s1. The fraction of sp³-hybridized carbons (Fsp3) is 0.417. The number of hydrogen-bond acceptors (Lipinski definition) is 4. The minimum absolute atomic E-state index is 0.127. The summed E-state index contributed by atoms with van der Waals surface area (Å²) in [6.45, 7) is 3.51. The van der Waals surface area contributed by atoms with E-state index in [0.717, 1.165) is 6.07 Å². The zero-order chi connectivity index (χ0) is 14.6. The van der Waals surface area contributed by atoms with E-state index >= 15 is 0 Å². The van der Waals surface area contributed by atoms with Crippen LogP contribution in [0.5, 0.6) is 0 Å². The van der Waals surface area contributed by atoms with Crippen LogP contribution in [-0.2, 0) is 4.79 Å². The van der Waals surface area contributed by atoms with Crippen LogP contribution in [0.1, 0.15) is 20.3 Å². The molecule has 0 bridgehead atoms. The van der Waals surface area contributed by atoms with Crippen LogP contribution in [0.4, 0.5) is 15.8 Å². The summed E-state index contributed by atoms with van der Waals surface area (Å²) in [5.74, 6) is -2.38. The second-order valence-corrected chi connectivity index (χ2v) is 4.24. The fourth-order valence-corrected chi connectivity index (χ4v) is 1.67. The van der Waals surface area contributed by atoms with Crippen LogP contribution in [-0.4, -0.2) is 22.0 Å². The van der Waals surface area contributed by atoms with Crippen molar-refractivity contribution in [2.75, 3.05) is 5.32 Å². The predicted octanol–water partition coefficient (Wildman–Crippen LogP) is 2.65. The Hall–Kier alpha value is -2.18. The van der Waals surface area contributed by atoms with Crippen molar-refractivity contribution in [3.8, 4) is 0 Å². The van der Waals surface area contributed by atoms with Crippen molar-refractivity contribution in [1.29, 1.82) is 0 Å². The number of nitrogens with zero attached hydrogens (tertiary/aromatic N) is 1. The van der Waals surface area contributed by atoms with E-state index in [4.69, 9.17) is 5.11 Å². The van der Waals surface area contributed by atoms with Gasteiger partial charge in [-0.3, -0.25) is 10.1 Å². The molecule has 0 spiro atoms. The molecule has 0 saturated heterocycles. The Balaban J connectivity index is 3.13. The number of carboxylic acid groups (broad SMARTS) is 1. The maximum atomic E-state index is 13.4. The van der Waals surface area contributed by atoms with Crippen molar-refractivity contribution in [3.05, 3.63) is 34.1 Å². The number of nitrogens with one attached hydrogen (secondary N) is 1. The zero-order valence-corrected chi connectivity index (χ0v) is 10.6. The molecule has 1 rings (SSSR count). The Morgan fingerprint density at radius 3 is 2.68 bits per heavy atom. The summed E-state index contributed by atoms with van der Waals surface area (Å²) in [6, 6.07) is 2.53. The van der Waals surface area contributed by atoms with E-state index in [9.17, 15) is 19.3 Å². The lowest BCUT2D eigenvalue weighted by Crippen LogP contribution is -2.35. The Morgan fingerprint density at radius 1 is 1.58 bits per heavy atom. The highest BCUT2D eigenvalue weighted by Crippen LogP contribution is 2.29. The van der Waals surface area contributed by atoms with Crippen LogP contribution < -0.4 is 5.32 Å². The summed E-state index contributed by atoms with van der Waals surface area (Å²) >= 11 is 0. The fourth-order valence-electron chi connectivity index (χ4n) is 1.67. The van der Waals surface area contributed by atoms with Gasteiger partial charge in [-0.2, -0.15) is 4.39 Å². The number of halogens is 1. The lowest BCUT2D eigenvalue weighted by Gasteiger charge is -2.21. The third kappa shape index (κ3) is 3.40. The summed E-state index contributed by atoms with van der Waals surface area (Å²) in [5, 5.41) is 22.5. The van der Waals surface area contributed by atoms with E-state index in [-0.39, 0.29) is 11.6 Å². The summed E-state index contributed by atoms with van der Waals surface area (Å²) in [4.78, 5) is 21.1. The van der Waals surface area contributed by atoms with Crippen molar-refractivity contribution in [1.82, 2.24) is 0 Å². The minimum atomic E-state index is -1.13. The van der Waals surface area contributed by atoms with E-state index in [1.807, 2.05) is 6.92 Å². The van der Waals surface area contributed by atoms with Crippen LogP contribution >= 0.6 is 0 Å². The van der Waals surface area contributed by atoms with E-state index in [1.54, 1.807) is 6.92 Å². The first-order chi connectivity index (χ1) is 8.88. The quantitative estimate of drug-likeness (QED) is 0.612. The summed E-state index contributed by atoms with van der Waals surface area (Å²) in [5.41, 5.74) is -0.866. The average Bonchev–Trinajstić information content (AvgIpc) is 2.34. The van der Waals surface area contributed by atoms with Gasteiger partial charge < -0.3 is 10.4 Å². The van der Waals surface area contributed by atoms with Crippen LogP contribution in [0, 0.1) is 21.8 Å². The first-order valence-electron chi connectivity index (χ1n) is 5.80. The number of para-hydroxylation sites is 1. The van der Waals surface area contributed by atoms with Gasteiger partial charge in [0.05, 0.1) is 4.92 Å². The lowest BCUT2D eigenvalue weighted by molar-refractivity contribution is -0.386. The van der Waals surface area contributed by atoms with Crippen molar-refractivity contribution in [3.63, 3.8) is 0 Å². The maximum Gasteiger partial charge on any atom is 0.327 e. The Morgan fingerprint density at radius 2 is 2.21 bits per heavy atom. The molecule has 0 aliphatic carbocycles.